The number of hydrogen-bond donors (Lipinski definition) is 1. The number of benzene rings is 1. The van der Waals surface area contributed by atoms with Crippen molar-refractivity contribution in [3.8, 4) is 11.5 Å². The van der Waals surface area contributed by atoms with Gasteiger partial charge in [0.05, 0.1) is 20.8 Å². The van der Waals surface area contributed by atoms with Crippen LogP contribution in [0, 0.1) is 0 Å². The summed E-state index contributed by atoms with van der Waals surface area (Å²) in [6, 6.07) is 4.11. The first-order chi connectivity index (χ1) is 8.80. The summed E-state index contributed by atoms with van der Waals surface area (Å²) in [7, 11) is 5.07. The van der Waals surface area contributed by atoms with Crippen molar-refractivity contribution in [3.63, 3.8) is 0 Å². The first-order valence-corrected chi connectivity index (χ1v) is 6.24. The standard InChI is InChI=1S/C14H21NO3/c1-16-9-11-6-12(10-4-5-15-8-10)14(18-3)7-13(11)17-2/h6-7,10,15H,4-5,8-9H2,1-3H3. The van der Waals surface area contributed by atoms with Crippen LogP contribution in [-0.4, -0.2) is 34.4 Å². The van der Waals surface area contributed by atoms with Gasteiger partial charge < -0.3 is 19.5 Å². The van der Waals surface area contributed by atoms with Gasteiger partial charge in [-0.3, -0.25) is 0 Å². The van der Waals surface area contributed by atoms with E-state index in [0.717, 1.165) is 36.6 Å². The van der Waals surface area contributed by atoms with Crippen molar-refractivity contribution in [1.29, 1.82) is 0 Å². The highest BCUT2D eigenvalue weighted by molar-refractivity contribution is 5.48. The van der Waals surface area contributed by atoms with Crippen LogP contribution < -0.4 is 14.8 Å². The van der Waals surface area contributed by atoms with Gasteiger partial charge in [-0.1, -0.05) is 0 Å². The molecule has 100 valence electrons. The predicted molar refractivity (Wildman–Crippen MR) is 70.5 cm³/mol. The number of nitrogens with one attached hydrogen (secondary N) is 1. The maximum Gasteiger partial charge on any atom is 0.128 e. The number of rotatable bonds is 5. The summed E-state index contributed by atoms with van der Waals surface area (Å²) in [4.78, 5) is 0. The molecule has 1 unspecified atom stereocenters. The molecule has 2 rings (SSSR count). The molecule has 1 N–H and O–H groups in total. The van der Waals surface area contributed by atoms with E-state index in [1.165, 1.54) is 5.56 Å². The zero-order chi connectivity index (χ0) is 13.0. The van der Waals surface area contributed by atoms with Crippen LogP contribution in [0.4, 0.5) is 0 Å². The molecular weight excluding hydrogens is 230 g/mol. The fraction of sp³-hybridized carbons (Fsp3) is 0.571. The van der Waals surface area contributed by atoms with Gasteiger partial charge in [-0.15, -0.1) is 0 Å². The van der Waals surface area contributed by atoms with E-state index in [1.807, 2.05) is 6.07 Å². The Bertz CT molecular complexity index is 400. The highest BCUT2D eigenvalue weighted by Crippen LogP contribution is 2.36. The van der Waals surface area contributed by atoms with Gasteiger partial charge in [-0.2, -0.15) is 0 Å². The van der Waals surface area contributed by atoms with Gasteiger partial charge in [0.15, 0.2) is 0 Å². The lowest BCUT2D eigenvalue weighted by Gasteiger charge is -2.18. The van der Waals surface area contributed by atoms with Crippen LogP contribution in [0.25, 0.3) is 0 Å². The molecule has 0 aliphatic carbocycles. The van der Waals surface area contributed by atoms with Gasteiger partial charge in [-0.25, -0.2) is 0 Å². The van der Waals surface area contributed by atoms with Crippen molar-refractivity contribution < 1.29 is 14.2 Å². The molecule has 1 saturated heterocycles. The first kappa shape index (κ1) is 13.2. The molecule has 0 radical (unpaired) electrons. The summed E-state index contributed by atoms with van der Waals surface area (Å²) < 4.78 is 16.1. The molecule has 1 fully saturated rings. The minimum absolute atomic E-state index is 0.515. The topological polar surface area (TPSA) is 39.7 Å². The van der Waals surface area contributed by atoms with E-state index in [4.69, 9.17) is 14.2 Å². The van der Waals surface area contributed by atoms with Crippen molar-refractivity contribution in [2.45, 2.75) is 18.9 Å². The van der Waals surface area contributed by atoms with E-state index < -0.39 is 0 Å². The molecule has 1 aliphatic heterocycles. The van der Waals surface area contributed by atoms with Gasteiger partial charge >= 0.3 is 0 Å². The van der Waals surface area contributed by atoms with Crippen molar-refractivity contribution in [1.82, 2.24) is 5.32 Å². The third kappa shape index (κ3) is 2.60. The van der Waals surface area contributed by atoms with Crippen LogP contribution in [0.3, 0.4) is 0 Å². The average Bonchev–Trinajstić information content (AvgIpc) is 2.92. The third-order valence-electron chi connectivity index (χ3n) is 3.43. The highest BCUT2D eigenvalue weighted by Gasteiger charge is 2.22. The summed E-state index contributed by atoms with van der Waals surface area (Å²) >= 11 is 0. The Morgan fingerprint density at radius 1 is 1.17 bits per heavy atom. The Labute approximate surface area is 108 Å². The SMILES string of the molecule is COCc1cc(C2CCNC2)c(OC)cc1OC. The van der Waals surface area contributed by atoms with Crippen molar-refractivity contribution >= 4 is 0 Å². The van der Waals surface area contributed by atoms with Gasteiger partial charge in [0.1, 0.15) is 11.5 Å². The minimum atomic E-state index is 0.515. The Morgan fingerprint density at radius 2 is 1.94 bits per heavy atom. The van der Waals surface area contributed by atoms with Crippen molar-refractivity contribution in [2.75, 3.05) is 34.4 Å². The Kier molecular flexibility index (Phi) is 4.44. The molecule has 1 aliphatic rings. The Morgan fingerprint density at radius 3 is 2.50 bits per heavy atom. The van der Waals surface area contributed by atoms with E-state index >= 15 is 0 Å². The fourth-order valence-corrected chi connectivity index (χ4v) is 2.50. The average molecular weight is 251 g/mol. The zero-order valence-corrected chi connectivity index (χ0v) is 11.3. The normalized spacial score (nSPS) is 18.9. The molecule has 0 bridgehead atoms. The van der Waals surface area contributed by atoms with Crippen LogP contribution in [-0.2, 0) is 11.3 Å². The van der Waals surface area contributed by atoms with Crippen LogP contribution in [0.5, 0.6) is 11.5 Å². The molecule has 4 heteroatoms. The first-order valence-electron chi connectivity index (χ1n) is 6.24. The van der Waals surface area contributed by atoms with Gasteiger partial charge in [-0.05, 0) is 24.6 Å². The third-order valence-corrected chi connectivity index (χ3v) is 3.43. The molecular formula is C14H21NO3. The van der Waals surface area contributed by atoms with E-state index in [2.05, 4.69) is 11.4 Å². The molecule has 0 aromatic heterocycles. The second-order valence-electron chi connectivity index (χ2n) is 4.53. The van der Waals surface area contributed by atoms with Crippen molar-refractivity contribution in [2.24, 2.45) is 0 Å². The van der Waals surface area contributed by atoms with Crippen LogP contribution in [0.15, 0.2) is 12.1 Å². The predicted octanol–water partition coefficient (Wildman–Crippen LogP) is 1.93. The molecule has 1 aromatic carbocycles. The van der Waals surface area contributed by atoms with E-state index in [9.17, 15) is 0 Å². The molecule has 0 spiro atoms. The zero-order valence-electron chi connectivity index (χ0n) is 11.3. The molecule has 0 amide bonds. The lowest BCUT2D eigenvalue weighted by molar-refractivity contribution is 0.181. The number of ether oxygens (including phenoxy) is 3. The Balaban J connectivity index is 2.39. The second kappa shape index (κ2) is 6.07. The van der Waals surface area contributed by atoms with Gasteiger partial charge in [0.2, 0.25) is 0 Å². The van der Waals surface area contributed by atoms with E-state index in [0.29, 0.717) is 12.5 Å². The maximum atomic E-state index is 5.48. The second-order valence-corrected chi connectivity index (χ2v) is 4.53. The molecule has 1 heterocycles. The maximum absolute atomic E-state index is 5.48. The fourth-order valence-electron chi connectivity index (χ4n) is 2.50. The number of hydrogen-bond acceptors (Lipinski definition) is 4. The van der Waals surface area contributed by atoms with Crippen LogP contribution in [0.2, 0.25) is 0 Å². The quantitative estimate of drug-likeness (QED) is 0.868. The van der Waals surface area contributed by atoms with Gasteiger partial charge in [0, 0.05) is 31.2 Å². The van der Waals surface area contributed by atoms with E-state index in [1.54, 1.807) is 21.3 Å². The summed E-state index contributed by atoms with van der Waals surface area (Å²) in [5, 5.41) is 3.38. The van der Waals surface area contributed by atoms with Gasteiger partial charge in [0.25, 0.3) is 0 Å². The lowest BCUT2D eigenvalue weighted by Crippen LogP contribution is -2.09. The van der Waals surface area contributed by atoms with Crippen LogP contribution in [0.1, 0.15) is 23.5 Å². The minimum Gasteiger partial charge on any atom is -0.496 e. The monoisotopic (exact) mass is 251 g/mol. The summed E-state index contributed by atoms with van der Waals surface area (Å²) in [6.45, 7) is 2.63. The molecule has 0 saturated carbocycles. The summed E-state index contributed by atoms with van der Waals surface area (Å²) in [5.41, 5.74) is 2.32. The highest BCUT2D eigenvalue weighted by atomic mass is 16.5. The molecule has 18 heavy (non-hydrogen) atoms. The van der Waals surface area contributed by atoms with E-state index in [-0.39, 0.29) is 0 Å². The summed E-state index contributed by atoms with van der Waals surface area (Å²) in [5.74, 6) is 2.24. The number of methoxy groups -OCH3 is 3. The van der Waals surface area contributed by atoms with Crippen molar-refractivity contribution in [3.05, 3.63) is 23.3 Å². The van der Waals surface area contributed by atoms with Crippen LogP contribution >= 0.6 is 0 Å². The largest absolute Gasteiger partial charge is 0.496 e. The molecule has 1 atom stereocenters. The smallest absolute Gasteiger partial charge is 0.128 e. The summed E-state index contributed by atoms with van der Waals surface area (Å²) in [6.07, 6.45) is 1.15. The Hall–Kier alpha value is -1.26. The lowest BCUT2D eigenvalue weighted by atomic mass is 9.95. The molecule has 4 nitrogen and oxygen atoms in total. The molecule has 1 aromatic rings.